The number of nitrogens with one attached hydrogen (secondary N) is 2. The Hall–Kier alpha value is -2.67. The number of thiophene rings is 1. The molecule has 6 nitrogen and oxygen atoms in total. The van der Waals surface area contributed by atoms with Gasteiger partial charge in [0, 0.05) is 16.9 Å². The molecule has 3 aromatic rings. The summed E-state index contributed by atoms with van der Waals surface area (Å²) in [4.78, 5) is 23.2. The highest BCUT2D eigenvalue weighted by Gasteiger charge is 2.26. The molecular formula is C28H40N4O2S. The van der Waals surface area contributed by atoms with Crippen LogP contribution in [-0.2, 0) is 15.6 Å². The van der Waals surface area contributed by atoms with Crippen molar-refractivity contribution in [3.8, 4) is 5.75 Å². The maximum atomic E-state index is 12.4. The largest absolute Gasteiger partial charge is 0.493 e. The molecule has 2 aromatic heterocycles. The van der Waals surface area contributed by atoms with Crippen LogP contribution in [0.5, 0.6) is 5.75 Å². The molecule has 0 atom stereocenters. The van der Waals surface area contributed by atoms with Crippen LogP contribution in [-0.4, -0.2) is 22.5 Å². The van der Waals surface area contributed by atoms with Crippen molar-refractivity contribution in [1.82, 2.24) is 15.4 Å². The van der Waals surface area contributed by atoms with Crippen molar-refractivity contribution < 1.29 is 9.53 Å². The minimum absolute atomic E-state index is 0.0114. The van der Waals surface area contributed by atoms with Crippen molar-refractivity contribution in [2.45, 2.75) is 91.9 Å². The molecule has 0 radical (unpaired) electrons. The number of hydrogen-bond acceptors (Lipinski definition) is 6. The van der Waals surface area contributed by atoms with Gasteiger partial charge in [0.25, 0.3) is 0 Å². The van der Waals surface area contributed by atoms with Crippen LogP contribution >= 0.6 is 11.3 Å². The van der Waals surface area contributed by atoms with E-state index in [4.69, 9.17) is 4.74 Å². The number of amides is 1. The Morgan fingerprint density at radius 2 is 1.77 bits per heavy atom. The molecule has 0 saturated carbocycles. The van der Waals surface area contributed by atoms with Crippen molar-refractivity contribution in [2.24, 2.45) is 0 Å². The van der Waals surface area contributed by atoms with Gasteiger partial charge < -0.3 is 4.74 Å². The van der Waals surface area contributed by atoms with Gasteiger partial charge in [-0.1, -0.05) is 53.7 Å². The zero-order chi connectivity index (χ0) is 25.8. The van der Waals surface area contributed by atoms with E-state index in [1.807, 2.05) is 6.92 Å². The molecular weight excluding hydrogens is 456 g/mol. The number of hydrazine groups is 1. The number of aryl methyl sites for hydroxylation is 2. The Bertz CT molecular complexity index is 1180. The molecule has 0 aliphatic heterocycles. The summed E-state index contributed by atoms with van der Waals surface area (Å²) in [6, 6.07) is 6.60. The Balaban J connectivity index is 1.58. The summed E-state index contributed by atoms with van der Waals surface area (Å²) in [6.07, 6.45) is 4.59. The topological polar surface area (TPSA) is 76.1 Å². The van der Waals surface area contributed by atoms with E-state index in [1.165, 1.54) is 22.3 Å². The van der Waals surface area contributed by atoms with Crippen LogP contribution in [0.4, 0.5) is 5.82 Å². The van der Waals surface area contributed by atoms with E-state index in [2.05, 4.69) is 87.5 Å². The van der Waals surface area contributed by atoms with Crippen LogP contribution < -0.4 is 15.6 Å². The summed E-state index contributed by atoms with van der Waals surface area (Å²) in [5, 5.41) is 0.958. The van der Waals surface area contributed by atoms with Gasteiger partial charge in [-0.15, -0.1) is 11.3 Å². The number of fused-ring (bicyclic) bond motifs is 1. The SMILES string of the molecule is CCC(C)(C)c1ccc(OCCCC(=O)NNc2ncnc3sc(C)c(C)c23)c(C(C)(C)CC)c1. The number of nitrogens with zero attached hydrogens (tertiary/aromatic N) is 2. The second kappa shape index (κ2) is 10.9. The lowest BCUT2D eigenvalue weighted by atomic mass is 9.76. The molecule has 0 aliphatic rings. The zero-order valence-corrected chi connectivity index (χ0v) is 23.3. The van der Waals surface area contributed by atoms with E-state index in [0.717, 1.165) is 34.4 Å². The number of benzene rings is 1. The maximum absolute atomic E-state index is 12.4. The molecule has 0 fully saturated rings. The highest BCUT2D eigenvalue weighted by Crippen LogP contribution is 2.38. The number of rotatable bonds is 11. The van der Waals surface area contributed by atoms with Crippen LogP contribution in [0.2, 0.25) is 0 Å². The summed E-state index contributed by atoms with van der Waals surface area (Å²) in [6.45, 7) is 18.1. The molecule has 3 rings (SSSR count). The molecule has 0 spiro atoms. The second-order valence-electron chi connectivity index (χ2n) is 10.5. The number of carbonyl (C=O) groups is 1. The number of carbonyl (C=O) groups excluding carboxylic acids is 1. The van der Waals surface area contributed by atoms with Crippen molar-refractivity contribution in [3.63, 3.8) is 0 Å². The van der Waals surface area contributed by atoms with Gasteiger partial charge in [-0.2, -0.15) is 0 Å². The van der Waals surface area contributed by atoms with E-state index in [-0.39, 0.29) is 16.7 Å². The van der Waals surface area contributed by atoms with Gasteiger partial charge in [0.05, 0.1) is 12.0 Å². The second-order valence-corrected chi connectivity index (χ2v) is 11.7. The first-order chi connectivity index (χ1) is 16.5. The monoisotopic (exact) mass is 496 g/mol. The van der Waals surface area contributed by atoms with Crippen LogP contribution in [0.1, 0.15) is 88.8 Å². The van der Waals surface area contributed by atoms with Gasteiger partial charge in [-0.05, 0) is 61.1 Å². The summed E-state index contributed by atoms with van der Waals surface area (Å²) in [5.41, 5.74) is 9.59. The third kappa shape index (κ3) is 6.13. The van der Waals surface area contributed by atoms with Gasteiger partial charge in [0.1, 0.15) is 16.9 Å². The molecule has 2 heterocycles. The molecule has 1 aromatic carbocycles. The average molecular weight is 497 g/mol. The molecule has 0 saturated heterocycles. The third-order valence-electron chi connectivity index (χ3n) is 7.35. The zero-order valence-electron chi connectivity index (χ0n) is 22.5. The van der Waals surface area contributed by atoms with Crippen molar-refractivity contribution in [3.05, 3.63) is 46.1 Å². The molecule has 35 heavy (non-hydrogen) atoms. The van der Waals surface area contributed by atoms with Gasteiger partial charge in [-0.3, -0.25) is 15.6 Å². The lowest BCUT2D eigenvalue weighted by Crippen LogP contribution is -2.30. The Morgan fingerprint density at radius 3 is 2.46 bits per heavy atom. The highest BCUT2D eigenvalue weighted by molar-refractivity contribution is 7.18. The first-order valence-electron chi connectivity index (χ1n) is 12.5. The smallest absolute Gasteiger partial charge is 0.238 e. The standard InChI is InChI=1S/C28H40N4O2S/c1-9-27(5,6)20-13-14-22(21(16-20)28(7,8)10-2)34-15-11-12-23(33)31-32-25-24-18(3)19(4)35-26(24)30-17-29-25/h13-14,16-17H,9-12,15H2,1-8H3,(H,31,33)(H,29,30,32). The predicted molar refractivity (Wildman–Crippen MR) is 146 cm³/mol. The van der Waals surface area contributed by atoms with Gasteiger partial charge in [0.15, 0.2) is 5.82 Å². The molecule has 2 N–H and O–H groups in total. The van der Waals surface area contributed by atoms with Crippen LogP contribution in [0, 0.1) is 13.8 Å². The molecule has 0 aliphatic carbocycles. The predicted octanol–water partition coefficient (Wildman–Crippen LogP) is 6.99. The van der Waals surface area contributed by atoms with Crippen LogP contribution in [0.3, 0.4) is 0 Å². The molecule has 1 amide bonds. The lowest BCUT2D eigenvalue weighted by Gasteiger charge is -2.30. The number of anilines is 1. The number of hydrogen-bond donors (Lipinski definition) is 2. The number of aromatic nitrogens is 2. The molecule has 7 heteroatoms. The van der Waals surface area contributed by atoms with Gasteiger partial charge in [0.2, 0.25) is 5.91 Å². The Kier molecular flexibility index (Phi) is 8.42. The highest BCUT2D eigenvalue weighted by atomic mass is 32.1. The Morgan fingerprint density at radius 1 is 1.06 bits per heavy atom. The summed E-state index contributed by atoms with van der Waals surface area (Å²) in [5.74, 6) is 1.44. The lowest BCUT2D eigenvalue weighted by molar-refractivity contribution is -0.120. The van der Waals surface area contributed by atoms with Gasteiger partial charge >= 0.3 is 0 Å². The Labute approximate surface area is 213 Å². The average Bonchev–Trinajstić information content (AvgIpc) is 3.14. The molecule has 190 valence electrons. The quantitative estimate of drug-likeness (QED) is 0.221. The third-order valence-corrected chi connectivity index (χ3v) is 8.46. The normalized spacial score (nSPS) is 12.1. The fourth-order valence-corrected chi connectivity index (χ4v) is 4.88. The minimum Gasteiger partial charge on any atom is -0.493 e. The summed E-state index contributed by atoms with van der Waals surface area (Å²) < 4.78 is 6.20. The van der Waals surface area contributed by atoms with E-state index >= 15 is 0 Å². The van der Waals surface area contributed by atoms with Crippen LogP contribution in [0.25, 0.3) is 10.2 Å². The van der Waals surface area contributed by atoms with Crippen molar-refractivity contribution in [1.29, 1.82) is 0 Å². The van der Waals surface area contributed by atoms with Crippen molar-refractivity contribution in [2.75, 3.05) is 12.0 Å². The fourth-order valence-electron chi connectivity index (χ4n) is 3.88. The van der Waals surface area contributed by atoms with E-state index in [0.29, 0.717) is 25.3 Å². The van der Waals surface area contributed by atoms with E-state index in [9.17, 15) is 4.79 Å². The number of ether oxygens (including phenoxy) is 1. The van der Waals surface area contributed by atoms with Crippen LogP contribution in [0.15, 0.2) is 24.5 Å². The molecule has 0 bridgehead atoms. The fraction of sp³-hybridized carbons (Fsp3) is 0.536. The molecule has 0 unspecified atom stereocenters. The van der Waals surface area contributed by atoms with E-state index < -0.39 is 0 Å². The van der Waals surface area contributed by atoms with Gasteiger partial charge in [-0.25, -0.2) is 9.97 Å². The summed E-state index contributed by atoms with van der Waals surface area (Å²) >= 11 is 1.63. The minimum atomic E-state index is -0.0980. The first-order valence-corrected chi connectivity index (χ1v) is 13.3. The first kappa shape index (κ1) is 26.9. The summed E-state index contributed by atoms with van der Waals surface area (Å²) in [7, 11) is 0. The maximum Gasteiger partial charge on any atom is 0.238 e. The van der Waals surface area contributed by atoms with Crippen molar-refractivity contribution >= 4 is 33.3 Å². The van der Waals surface area contributed by atoms with E-state index in [1.54, 1.807) is 11.3 Å².